The van der Waals surface area contributed by atoms with Crippen molar-refractivity contribution >= 4 is 5.91 Å². The van der Waals surface area contributed by atoms with Crippen LogP contribution in [0.4, 0.5) is 4.39 Å². The lowest BCUT2D eigenvalue weighted by Gasteiger charge is -2.25. The number of likely N-dealkylation sites (N-methyl/N-ethyl adjacent to an activating group) is 2. The molecule has 0 unspecified atom stereocenters. The normalized spacial score (nSPS) is 21.9. The highest BCUT2D eigenvalue weighted by Gasteiger charge is 2.31. The monoisotopic (exact) mass is 310 g/mol. The number of hydrogen-bond donors (Lipinski definition) is 0. The lowest BCUT2D eigenvalue weighted by atomic mass is 10.1. The average molecular weight is 310 g/mol. The predicted octanol–water partition coefficient (Wildman–Crippen LogP) is 1.63. The molecule has 0 aliphatic carbocycles. The van der Waals surface area contributed by atoms with Crippen molar-refractivity contribution < 1.29 is 18.7 Å². The third kappa shape index (κ3) is 3.56. The van der Waals surface area contributed by atoms with E-state index in [0.717, 1.165) is 13.0 Å². The van der Waals surface area contributed by atoms with Gasteiger partial charge in [0.2, 0.25) is 0 Å². The zero-order chi connectivity index (χ0) is 16.3. The molecule has 22 heavy (non-hydrogen) atoms. The van der Waals surface area contributed by atoms with Gasteiger partial charge in [-0.1, -0.05) is 0 Å². The van der Waals surface area contributed by atoms with Gasteiger partial charge < -0.3 is 14.4 Å². The number of rotatable bonds is 5. The lowest BCUT2D eigenvalue weighted by molar-refractivity contribution is 0.0759. The summed E-state index contributed by atoms with van der Waals surface area (Å²) in [5, 5.41) is 0. The topological polar surface area (TPSA) is 42.0 Å². The van der Waals surface area contributed by atoms with Crippen molar-refractivity contribution in [2.24, 2.45) is 0 Å². The van der Waals surface area contributed by atoms with Crippen molar-refractivity contribution in [1.29, 1.82) is 0 Å². The molecule has 1 saturated heterocycles. The Morgan fingerprint density at radius 3 is 2.73 bits per heavy atom. The first-order valence-corrected chi connectivity index (χ1v) is 7.28. The van der Waals surface area contributed by atoms with Gasteiger partial charge in [0.05, 0.1) is 13.2 Å². The van der Waals surface area contributed by atoms with Gasteiger partial charge in [0.25, 0.3) is 5.91 Å². The minimum Gasteiger partial charge on any atom is -0.494 e. The molecule has 0 radical (unpaired) electrons. The van der Waals surface area contributed by atoms with Crippen molar-refractivity contribution in [3.8, 4) is 5.75 Å². The molecule has 2 atom stereocenters. The molecule has 5 nitrogen and oxygen atoms in total. The molecule has 1 aliphatic heterocycles. The summed E-state index contributed by atoms with van der Waals surface area (Å²) in [6.07, 6.45) is 1.10. The van der Waals surface area contributed by atoms with E-state index in [2.05, 4.69) is 4.90 Å². The number of nitrogens with zero attached hydrogens (tertiary/aromatic N) is 2. The van der Waals surface area contributed by atoms with Crippen LogP contribution >= 0.6 is 0 Å². The van der Waals surface area contributed by atoms with E-state index in [1.54, 1.807) is 25.1 Å². The zero-order valence-corrected chi connectivity index (χ0v) is 13.5. The van der Waals surface area contributed by atoms with E-state index in [0.29, 0.717) is 12.1 Å². The van der Waals surface area contributed by atoms with Crippen molar-refractivity contribution in [2.45, 2.75) is 18.6 Å². The van der Waals surface area contributed by atoms with Crippen molar-refractivity contribution in [2.75, 3.05) is 41.4 Å². The molecule has 0 saturated carbocycles. The van der Waals surface area contributed by atoms with Gasteiger partial charge in [-0.05, 0) is 31.7 Å². The fraction of sp³-hybridized carbons (Fsp3) is 0.562. The first-order valence-electron chi connectivity index (χ1n) is 7.28. The molecule has 1 aromatic carbocycles. The molecule has 1 aromatic rings. The standard InChI is InChI=1S/C16H23FN2O3/c1-18-10-13(21-3)8-12(18)9-19(2)16(20)11-5-6-15(22-4)14(17)7-11/h5-7,12-13H,8-10H2,1-4H3/t12-,13-/m0/s1. The summed E-state index contributed by atoms with van der Waals surface area (Å²) in [6, 6.07) is 4.52. The van der Waals surface area contributed by atoms with Crippen molar-refractivity contribution in [3.63, 3.8) is 0 Å². The Morgan fingerprint density at radius 2 is 2.18 bits per heavy atom. The van der Waals surface area contributed by atoms with E-state index in [-0.39, 0.29) is 23.8 Å². The maximum absolute atomic E-state index is 13.7. The Morgan fingerprint density at radius 1 is 1.45 bits per heavy atom. The van der Waals surface area contributed by atoms with Crippen molar-refractivity contribution in [3.05, 3.63) is 29.6 Å². The van der Waals surface area contributed by atoms with Gasteiger partial charge in [-0.15, -0.1) is 0 Å². The van der Waals surface area contributed by atoms with E-state index in [4.69, 9.17) is 9.47 Å². The first kappa shape index (κ1) is 16.7. The van der Waals surface area contributed by atoms with Crippen LogP contribution in [0.1, 0.15) is 16.8 Å². The molecule has 122 valence electrons. The maximum atomic E-state index is 13.7. The highest BCUT2D eigenvalue weighted by molar-refractivity contribution is 5.94. The van der Waals surface area contributed by atoms with Crippen LogP contribution in [-0.4, -0.2) is 69.3 Å². The molecule has 1 fully saturated rings. The largest absolute Gasteiger partial charge is 0.494 e. The summed E-state index contributed by atoms with van der Waals surface area (Å²) < 4.78 is 24.0. The Kier molecular flexibility index (Phi) is 5.37. The molecule has 0 bridgehead atoms. The lowest BCUT2D eigenvalue weighted by Crippen LogP contribution is -2.39. The number of ether oxygens (including phenoxy) is 2. The average Bonchev–Trinajstić information content (AvgIpc) is 2.86. The number of carbonyl (C=O) groups excluding carboxylic acids is 1. The molecule has 0 spiro atoms. The Balaban J connectivity index is 2.02. The number of carbonyl (C=O) groups is 1. The van der Waals surface area contributed by atoms with Gasteiger partial charge in [0.1, 0.15) is 0 Å². The second-order valence-electron chi connectivity index (χ2n) is 5.72. The number of amides is 1. The molecule has 1 heterocycles. The third-order valence-electron chi connectivity index (χ3n) is 4.21. The smallest absolute Gasteiger partial charge is 0.253 e. The van der Waals surface area contributed by atoms with Crippen LogP contribution in [0.15, 0.2) is 18.2 Å². The van der Waals surface area contributed by atoms with Crippen LogP contribution in [0.5, 0.6) is 5.75 Å². The van der Waals surface area contributed by atoms with Crippen LogP contribution in [0.2, 0.25) is 0 Å². The number of likely N-dealkylation sites (tertiary alicyclic amines) is 1. The van der Waals surface area contributed by atoms with E-state index in [1.165, 1.54) is 19.2 Å². The van der Waals surface area contributed by atoms with E-state index in [9.17, 15) is 9.18 Å². The summed E-state index contributed by atoms with van der Waals surface area (Å²) in [6.45, 7) is 1.45. The predicted molar refractivity (Wildman–Crippen MR) is 81.7 cm³/mol. The highest BCUT2D eigenvalue weighted by Crippen LogP contribution is 2.21. The van der Waals surface area contributed by atoms with Gasteiger partial charge >= 0.3 is 0 Å². The molecule has 0 N–H and O–H groups in total. The van der Waals surface area contributed by atoms with Crippen molar-refractivity contribution in [1.82, 2.24) is 9.80 Å². The van der Waals surface area contributed by atoms with Crippen LogP contribution in [0.3, 0.4) is 0 Å². The molecule has 1 aliphatic rings. The minimum atomic E-state index is -0.529. The SMILES string of the molecule is COc1ccc(C(=O)N(C)C[C@@H]2C[C@H](OC)CN2C)cc1F. The van der Waals surface area contributed by atoms with Crippen LogP contribution in [0, 0.1) is 5.82 Å². The third-order valence-corrected chi connectivity index (χ3v) is 4.21. The molecule has 1 amide bonds. The quantitative estimate of drug-likeness (QED) is 0.829. The summed E-state index contributed by atoms with van der Waals surface area (Å²) in [5.74, 6) is -0.590. The van der Waals surface area contributed by atoms with Gasteiger partial charge in [-0.3, -0.25) is 9.69 Å². The Bertz CT molecular complexity index is 538. The van der Waals surface area contributed by atoms with Crippen LogP contribution in [-0.2, 0) is 4.74 Å². The van der Waals surface area contributed by atoms with Crippen LogP contribution in [0.25, 0.3) is 0 Å². The van der Waals surface area contributed by atoms with Crippen LogP contribution < -0.4 is 4.74 Å². The van der Waals surface area contributed by atoms with Gasteiger partial charge in [-0.2, -0.15) is 0 Å². The zero-order valence-electron chi connectivity index (χ0n) is 13.5. The van der Waals surface area contributed by atoms with Gasteiger partial charge in [0, 0.05) is 38.9 Å². The molecular weight excluding hydrogens is 287 g/mol. The second-order valence-corrected chi connectivity index (χ2v) is 5.72. The van der Waals surface area contributed by atoms with E-state index in [1.807, 2.05) is 7.05 Å². The molecule has 2 rings (SSSR count). The second kappa shape index (κ2) is 7.07. The summed E-state index contributed by atoms with van der Waals surface area (Å²) in [4.78, 5) is 16.2. The minimum absolute atomic E-state index is 0.137. The van der Waals surface area contributed by atoms with Gasteiger partial charge in [-0.25, -0.2) is 4.39 Å². The van der Waals surface area contributed by atoms with Gasteiger partial charge in [0.15, 0.2) is 11.6 Å². The Labute approximate surface area is 130 Å². The maximum Gasteiger partial charge on any atom is 0.253 e. The Hall–Kier alpha value is -1.66. The summed E-state index contributed by atoms with van der Waals surface area (Å²) >= 11 is 0. The number of hydrogen-bond acceptors (Lipinski definition) is 4. The van der Waals surface area contributed by atoms with E-state index >= 15 is 0 Å². The fourth-order valence-electron chi connectivity index (χ4n) is 2.83. The van der Waals surface area contributed by atoms with E-state index < -0.39 is 5.82 Å². The highest BCUT2D eigenvalue weighted by atomic mass is 19.1. The summed E-state index contributed by atoms with van der Waals surface area (Å²) in [7, 11) is 6.86. The molecular formula is C16H23FN2O3. The molecule has 0 aromatic heterocycles. The fourth-order valence-corrected chi connectivity index (χ4v) is 2.83. The first-order chi connectivity index (χ1) is 10.5. The number of halogens is 1. The summed E-state index contributed by atoms with van der Waals surface area (Å²) in [5.41, 5.74) is 0.324. The number of benzene rings is 1. The molecule has 6 heteroatoms. The number of methoxy groups -OCH3 is 2.